The van der Waals surface area contributed by atoms with Crippen LogP contribution in [-0.2, 0) is 24.1 Å². The number of likely N-dealkylation sites (tertiary alicyclic amines) is 1. The first kappa shape index (κ1) is 23.4. The minimum absolute atomic E-state index is 0. The van der Waals surface area contributed by atoms with Crippen molar-refractivity contribution in [3.8, 4) is 0 Å². The molecule has 1 fully saturated rings. The third-order valence-electron chi connectivity index (χ3n) is 5.12. The first-order chi connectivity index (χ1) is 13.3. The number of halogens is 1. The smallest absolute Gasteiger partial charge is 0.222 e. The van der Waals surface area contributed by atoms with Crippen molar-refractivity contribution < 1.29 is 4.79 Å². The number of aliphatic imine (C=N–C) groups is 1. The van der Waals surface area contributed by atoms with Crippen LogP contribution >= 0.6 is 35.3 Å². The highest BCUT2D eigenvalue weighted by atomic mass is 127. The number of thiazole rings is 1. The van der Waals surface area contributed by atoms with E-state index in [2.05, 4.69) is 22.5 Å². The van der Waals surface area contributed by atoms with Crippen molar-refractivity contribution >= 4 is 47.2 Å². The fraction of sp³-hybridized carbons (Fsp3) is 0.750. The molecule has 2 heterocycles. The van der Waals surface area contributed by atoms with Gasteiger partial charge in [-0.1, -0.05) is 0 Å². The predicted octanol–water partition coefficient (Wildman–Crippen LogP) is 3.14. The summed E-state index contributed by atoms with van der Waals surface area (Å²) in [6.07, 6.45) is 9.78. The van der Waals surface area contributed by atoms with Crippen LogP contribution in [-0.4, -0.2) is 54.5 Å². The lowest BCUT2D eigenvalue weighted by molar-refractivity contribution is -0.127. The van der Waals surface area contributed by atoms with Crippen LogP contribution in [0.15, 0.2) is 4.99 Å². The molecule has 6 nitrogen and oxygen atoms in total. The lowest BCUT2D eigenvalue weighted by Crippen LogP contribution is -2.38. The molecular formula is C20H34IN5OS. The quantitative estimate of drug-likeness (QED) is 0.228. The maximum atomic E-state index is 11.6. The van der Waals surface area contributed by atoms with E-state index in [0.29, 0.717) is 5.91 Å². The fourth-order valence-electron chi connectivity index (χ4n) is 3.69. The number of nitrogens with one attached hydrogen (secondary N) is 2. The molecule has 1 saturated heterocycles. The largest absolute Gasteiger partial charge is 0.357 e. The fourth-order valence-corrected chi connectivity index (χ4v) is 4.89. The van der Waals surface area contributed by atoms with Gasteiger partial charge in [-0.15, -0.1) is 35.3 Å². The summed E-state index contributed by atoms with van der Waals surface area (Å²) in [6.45, 7) is 6.34. The van der Waals surface area contributed by atoms with Gasteiger partial charge in [0, 0.05) is 50.4 Å². The van der Waals surface area contributed by atoms with E-state index in [1.54, 1.807) is 0 Å². The number of guanidine groups is 1. The first-order valence-electron chi connectivity index (χ1n) is 10.5. The van der Waals surface area contributed by atoms with E-state index >= 15 is 0 Å². The molecule has 8 heteroatoms. The molecule has 0 radical (unpaired) electrons. The summed E-state index contributed by atoms with van der Waals surface area (Å²) in [5.74, 6) is 1.18. The Morgan fingerprint density at radius 1 is 1.18 bits per heavy atom. The number of aryl methyl sites for hydroxylation is 3. The molecule has 28 heavy (non-hydrogen) atoms. The van der Waals surface area contributed by atoms with Crippen LogP contribution < -0.4 is 10.6 Å². The molecule has 2 N–H and O–H groups in total. The summed E-state index contributed by atoms with van der Waals surface area (Å²) in [5, 5.41) is 8.02. The monoisotopic (exact) mass is 519 g/mol. The minimum atomic E-state index is 0. The second-order valence-corrected chi connectivity index (χ2v) is 8.48. The van der Waals surface area contributed by atoms with E-state index in [-0.39, 0.29) is 24.0 Å². The number of hydrogen-bond donors (Lipinski definition) is 2. The van der Waals surface area contributed by atoms with E-state index in [1.165, 1.54) is 41.3 Å². The van der Waals surface area contributed by atoms with Gasteiger partial charge in [-0.2, -0.15) is 0 Å². The first-order valence-corrected chi connectivity index (χ1v) is 11.4. The Bertz CT molecular complexity index is 625. The number of carbonyl (C=O) groups is 1. The zero-order valence-corrected chi connectivity index (χ0v) is 20.1. The van der Waals surface area contributed by atoms with E-state index in [0.717, 1.165) is 70.8 Å². The van der Waals surface area contributed by atoms with Crippen LogP contribution in [0.1, 0.15) is 61.0 Å². The number of hydrogen-bond acceptors (Lipinski definition) is 4. The standard InChI is InChI=1S/C20H33N5OS.HI/c1-2-21-20(23-13-7-15-25-14-6-11-19(25)26)22-12-5-10-18-24-16-8-3-4-9-17(16)27-18;/h2-15H2,1H3,(H2,21,22,23);1H. The Morgan fingerprint density at radius 3 is 2.79 bits per heavy atom. The Hall–Kier alpha value is -0.900. The molecule has 1 aliphatic heterocycles. The number of nitrogens with zero attached hydrogens (tertiary/aromatic N) is 3. The van der Waals surface area contributed by atoms with Gasteiger partial charge < -0.3 is 15.5 Å². The van der Waals surface area contributed by atoms with Crippen molar-refractivity contribution in [1.82, 2.24) is 20.5 Å². The molecule has 3 rings (SSSR count). The highest BCUT2D eigenvalue weighted by molar-refractivity contribution is 14.0. The molecular weight excluding hydrogens is 485 g/mol. The van der Waals surface area contributed by atoms with Gasteiger partial charge in [0.2, 0.25) is 5.91 Å². The number of fused-ring (bicyclic) bond motifs is 1. The van der Waals surface area contributed by atoms with Crippen molar-refractivity contribution in [3.05, 3.63) is 15.6 Å². The zero-order chi connectivity index (χ0) is 18.9. The van der Waals surface area contributed by atoms with Crippen LogP contribution in [0.2, 0.25) is 0 Å². The maximum Gasteiger partial charge on any atom is 0.222 e. The van der Waals surface area contributed by atoms with E-state index in [9.17, 15) is 4.79 Å². The lowest BCUT2D eigenvalue weighted by atomic mass is 10.0. The Morgan fingerprint density at radius 2 is 2.04 bits per heavy atom. The molecule has 1 aromatic rings. The molecule has 1 aromatic heterocycles. The van der Waals surface area contributed by atoms with Crippen molar-refractivity contribution in [2.75, 3.05) is 32.7 Å². The number of carbonyl (C=O) groups excluding carboxylic acids is 1. The molecule has 0 atom stereocenters. The van der Waals surface area contributed by atoms with Gasteiger partial charge in [0.1, 0.15) is 0 Å². The van der Waals surface area contributed by atoms with Gasteiger partial charge in [-0.3, -0.25) is 9.79 Å². The highest BCUT2D eigenvalue weighted by Crippen LogP contribution is 2.27. The van der Waals surface area contributed by atoms with Gasteiger partial charge >= 0.3 is 0 Å². The van der Waals surface area contributed by atoms with Gasteiger partial charge in [-0.05, 0) is 51.9 Å². The molecule has 2 aliphatic rings. The molecule has 0 bridgehead atoms. The Labute approximate surface area is 190 Å². The van der Waals surface area contributed by atoms with Gasteiger partial charge in [0.05, 0.1) is 10.7 Å². The maximum absolute atomic E-state index is 11.6. The third kappa shape index (κ3) is 7.17. The van der Waals surface area contributed by atoms with E-state index < -0.39 is 0 Å². The number of amides is 1. The highest BCUT2D eigenvalue weighted by Gasteiger charge is 2.19. The molecule has 0 aromatic carbocycles. The second kappa shape index (κ2) is 12.6. The summed E-state index contributed by atoms with van der Waals surface area (Å²) < 4.78 is 0. The third-order valence-corrected chi connectivity index (χ3v) is 6.34. The van der Waals surface area contributed by atoms with E-state index in [1.807, 2.05) is 16.2 Å². The summed E-state index contributed by atoms with van der Waals surface area (Å²) in [5.41, 5.74) is 1.36. The Balaban J connectivity index is 0.00000280. The van der Waals surface area contributed by atoms with Crippen LogP contribution in [0.25, 0.3) is 0 Å². The summed E-state index contributed by atoms with van der Waals surface area (Å²) in [4.78, 5) is 24.6. The van der Waals surface area contributed by atoms with Crippen molar-refractivity contribution in [3.63, 3.8) is 0 Å². The van der Waals surface area contributed by atoms with E-state index in [4.69, 9.17) is 4.98 Å². The average molecular weight is 519 g/mol. The number of aromatic nitrogens is 1. The minimum Gasteiger partial charge on any atom is -0.357 e. The van der Waals surface area contributed by atoms with Crippen LogP contribution in [0, 0.1) is 0 Å². The molecule has 1 amide bonds. The lowest BCUT2D eigenvalue weighted by Gasteiger charge is -2.15. The molecule has 158 valence electrons. The van der Waals surface area contributed by atoms with Crippen LogP contribution in [0.5, 0.6) is 0 Å². The molecule has 0 saturated carbocycles. The van der Waals surface area contributed by atoms with Crippen molar-refractivity contribution in [1.29, 1.82) is 0 Å². The summed E-state index contributed by atoms with van der Waals surface area (Å²) in [6, 6.07) is 0. The average Bonchev–Trinajstić information content (AvgIpc) is 3.27. The predicted molar refractivity (Wildman–Crippen MR) is 127 cm³/mol. The summed E-state index contributed by atoms with van der Waals surface area (Å²) >= 11 is 1.92. The van der Waals surface area contributed by atoms with Gasteiger partial charge in [0.25, 0.3) is 0 Å². The molecule has 0 spiro atoms. The topological polar surface area (TPSA) is 69.6 Å². The molecule has 0 unspecified atom stereocenters. The van der Waals surface area contributed by atoms with Crippen LogP contribution in [0.3, 0.4) is 0 Å². The van der Waals surface area contributed by atoms with Crippen molar-refractivity contribution in [2.24, 2.45) is 4.99 Å². The second-order valence-electron chi connectivity index (χ2n) is 7.31. The van der Waals surface area contributed by atoms with Gasteiger partial charge in [-0.25, -0.2) is 4.98 Å². The number of rotatable bonds is 9. The van der Waals surface area contributed by atoms with Crippen molar-refractivity contribution in [2.45, 2.75) is 64.7 Å². The normalized spacial score (nSPS) is 16.7. The Kier molecular flexibility index (Phi) is 10.5. The molecule has 1 aliphatic carbocycles. The van der Waals surface area contributed by atoms with Gasteiger partial charge in [0.15, 0.2) is 5.96 Å². The summed E-state index contributed by atoms with van der Waals surface area (Å²) in [7, 11) is 0. The zero-order valence-electron chi connectivity index (χ0n) is 17.0. The SMILES string of the molecule is CCNC(=NCCCN1CCCC1=O)NCCCc1nc2c(s1)CCCC2.I. The van der Waals surface area contributed by atoms with Crippen LogP contribution in [0.4, 0.5) is 0 Å².